The summed E-state index contributed by atoms with van der Waals surface area (Å²) in [7, 11) is -7.72. The average molecular weight is 596 g/mol. The highest BCUT2D eigenvalue weighted by molar-refractivity contribution is 7.93. The molecule has 2 aliphatic rings. The number of aromatic nitrogens is 2. The first-order valence-corrected chi connectivity index (χ1v) is 15.5. The molecule has 2 aromatic carbocycles. The first kappa shape index (κ1) is 26.9. The number of rotatable bonds is 7. The van der Waals surface area contributed by atoms with Gasteiger partial charge in [-0.2, -0.15) is 0 Å². The van der Waals surface area contributed by atoms with Crippen LogP contribution in [0.25, 0.3) is 11.0 Å². The Balaban J connectivity index is 1.46. The van der Waals surface area contributed by atoms with Gasteiger partial charge in [0.15, 0.2) is 0 Å². The number of aromatic amines is 1. The van der Waals surface area contributed by atoms with Crippen LogP contribution in [0.1, 0.15) is 48.0 Å². The quantitative estimate of drug-likeness (QED) is 0.351. The number of nitrogens with zero attached hydrogens (tertiary/aromatic N) is 1. The predicted octanol–water partition coefficient (Wildman–Crippen LogP) is 4.15. The zero-order chi connectivity index (χ0) is 27.3. The third-order valence-corrected chi connectivity index (χ3v) is 10.2. The van der Waals surface area contributed by atoms with Gasteiger partial charge in [0.05, 0.1) is 33.3 Å². The molecule has 3 aromatic rings. The van der Waals surface area contributed by atoms with Crippen LogP contribution in [-0.2, 0) is 31.3 Å². The van der Waals surface area contributed by atoms with E-state index in [-0.39, 0.29) is 24.2 Å². The van der Waals surface area contributed by atoms with Crippen LogP contribution >= 0.6 is 23.2 Å². The molecule has 1 saturated heterocycles. The number of benzene rings is 2. The van der Waals surface area contributed by atoms with Crippen LogP contribution in [0.4, 0.5) is 0 Å². The molecule has 13 heteroatoms. The van der Waals surface area contributed by atoms with Gasteiger partial charge < -0.3 is 4.98 Å². The number of imidazole rings is 1. The number of allylic oxidation sites excluding steroid dienone is 4. The highest BCUT2D eigenvalue weighted by Crippen LogP contribution is 2.33. The Morgan fingerprint density at radius 1 is 1.21 bits per heavy atom. The Bertz CT molecular complexity index is 1690. The normalized spacial score (nSPS) is 23.8. The lowest BCUT2D eigenvalue weighted by Crippen LogP contribution is -2.34. The summed E-state index contributed by atoms with van der Waals surface area (Å²) in [4.78, 5) is 18.7. The second kappa shape index (κ2) is 9.80. The minimum Gasteiger partial charge on any atom is -0.341 e. The molecule has 1 aliphatic heterocycles. The Labute approximate surface area is 230 Å². The third kappa shape index (κ3) is 5.67. The highest BCUT2D eigenvalue weighted by atomic mass is 35.5. The molecule has 0 saturated carbocycles. The number of amides is 1. The van der Waals surface area contributed by atoms with Crippen molar-refractivity contribution in [2.45, 2.75) is 42.4 Å². The second-order valence-corrected chi connectivity index (χ2v) is 14.5. The van der Waals surface area contributed by atoms with Gasteiger partial charge in [-0.25, -0.2) is 26.5 Å². The van der Waals surface area contributed by atoms with E-state index in [1.807, 2.05) is 4.72 Å². The van der Waals surface area contributed by atoms with Crippen molar-refractivity contribution in [2.24, 2.45) is 0 Å². The zero-order valence-corrected chi connectivity index (χ0v) is 23.3. The fraction of sp³-hybridized carbons (Fsp3) is 0.280. The van der Waals surface area contributed by atoms with Gasteiger partial charge in [0, 0.05) is 11.4 Å². The van der Waals surface area contributed by atoms with Crippen molar-refractivity contribution in [2.75, 3.05) is 0 Å². The van der Waals surface area contributed by atoms with Crippen LogP contribution in [0.3, 0.4) is 0 Å². The van der Waals surface area contributed by atoms with E-state index in [2.05, 4.69) is 14.7 Å². The lowest BCUT2D eigenvalue weighted by Gasteiger charge is -2.24. The molecule has 3 N–H and O–H groups in total. The van der Waals surface area contributed by atoms with Gasteiger partial charge in [0.25, 0.3) is 0 Å². The molecule has 3 atom stereocenters. The summed E-state index contributed by atoms with van der Waals surface area (Å²) in [5, 5.41) is -0.453. The summed E-state index contributed by atoms with van der Waals surface area (Å²) in [5.41, 5.74) is 2.49. The first-order valence-electron chi connectivity index (χ1n) is 11.7. The van der Waals surface area contributed by atoms with Crippen molar-refractivity contribution in [3.63, 3.8) is 0 Å². The fourth-order valence-corrected chi connectivity index (χ4v) is 7.94. The number of fused-ring (bicyclic) bond motifs is 1. The zero-order valence-electron chi connectivity index (χ0n) is 20.1. The van der Waals surface area contributed by atoms with Crippen molar-refractivity contribution in [3.8, 4) is 0 Å². The van der Waals surface area contributed by atoms with Crippen LogP contribution in [0.5, 0.6) is 0 Å². The number of hydrogen-bond donors (Lipinski definition) is 3. The largest absolute Gasteiger partial charge is 0.341 e. The third-order valence-electron chi connectivity index (χ3n) is 6.47. The number of alkyl halides is 1. The van der Waals surface area contributed by atoms with E-state index in [0.29, 0.717) is 27.4 Å². The van der Waals surface area contributed by atoms with E-state index in [4.69, 9.17) is 23.2 Å². The van der Waals surface area contributed by atoms with Crippen molar-refractivity contribution in [3.05, 3.63) is 87.6 Å². The Morgan fingerprint density at radius 3 is 2.61 bits per heavy atom. The highest BCUT2D eigenvalue weighted by Gasteiger charge is 2.38. The summed E-state index contributed by atoms with van der Waals surface area (Å²) in [6, 6.07) is 11.1. The number of hydrogen-bond acceptors (Lipinski definition) is 6. The topological polar surface area (TPSA) is 138 Å². The van der Waals surface area contributed by atoms with Crippen LogP contribution in [0.2, 0.25) is 5.02 Å². The molecule has 0 bridgehead atoms. The minimum atomic E-state index is -3.95. The standard InChI is InChI=1S/C25H24Cl2N4O5S2/c1-25(27)10-2-3-18(14-25)37(33,34)30-21(24-28-19-9-8-17(26)12-20(19)29-24)11-15-4-6-16(7-5-15)22-13-23(32)31-38(22,35)36/h2-10,12,21-22,30H,11,13-14H2,1H3,(H,28,29)(H,31,32)/t21-,22?,25?/m0/s1. The lowest BCUT2D eigenvalue weighted by atomic mass is 10.0. The number of halogens is 2. The number of sulfonamides is 2. The van der Waals surface area contributed by atoms with Gasteiger partial charge in [-0.15, -0.1) is 11.6 Å². The molecule has 38 heavy (non-hydrogen) atoms. The molecular formula is C25H24Cl2N4O5S2. The van der Waals surface area contributed by atoms with Crippen molar-refractivity contribution >= 4 is 60.2 Å². The minimum absolute atomic E-state index is 0.125. The van der Waals surface area contributed by atoms with Gasteiger partial charge in [0.2, 0.25) is 26.0 Å². The number of H-pyrrole nitrogens is 1. The summed E-state index contributed by atoms with van der Waals surface area (Å²) in [6.07, 6.45) is 5.08. The fourth-order valence-electron chi connectivity index (χ4n) is 4.57. The molecule has 1 aromatic heterocycles. The van der Waals surface area contributed by atoms with E-state index >= 15 is 0 Å². The van der Waals surface area contributed by atoms with Crippen LogP contribution in [-0.4, -0.2) is 37.6 Å². The molecule has 1 aliphatic carbocycles. The van der Waals surface area contributed by atoms with Crippen molar-refractivity contribution in [1.82, 2.24) is 19.4 Å². The van der Waals surface area contributed by atoms with E-state index in [9.17, 15) is 21.6 Å². The summed E-state index contributed by atoms with van der Waals surface area (Å²) < 4.78 is 56.0. The Morgan fingerprint density at radius 2 is 1.95 bits per heavy atom. The van der Waals surface area contributed by atoms with Gasteiger partial charge in [-0.05, 0) is 48.7 Å². The monoisotopic (exact) mass is 594 g/mol. The molecule has 0 spiro atoms. The Kier molecular flexibility index (Phi) is 6.93. The van der Waals surface area contributed by atoms with E-state index in [0.717, 1.165) is 5.56 Å². The molecule has 5 rings (SSSR count). The Hall–Kier alpha value is -2.70. The predicted molar refractivity (Wildman–Crippen MR) is 147 cm³/mol. The van der Waals surface area contributed by atoms with Gasteiger partial charge in [-0.1, -0.05) is 48.0 Å². The second-order valence-electron chi connectivity index (χ2n) is 9.61. The summed E-state index contributed by atoms with van der Waals surface area (Å²) in [5.74, 6) is -0.151. The van der Waals surface area contributed by atoms with Gasteiger partial charge >= 0.3 is 0 Å². The van der Waals surface area contributed by atoms with E-state index in [1.54, 1.807) is 61.5 Å². The van der Waals surface area contributed by atoms with Crippen LogP contribution in [0.15, 0.2) is 65.6 Å². The van der Waals surface area contributed by atoms with Gasteiger partial charge in [-0.3, -0.25) is 9.52 Å². The van der Waals surface area contributed by atoms with Crippen molar-refractivity contribution < 1.29 is 21.6 Å². The molecule has 2 heterocycles. The molecule has 200 valence electrons. The molecule has 0 radical (unpaired) electrons. The first-order chi connectivity index (χ1) is 17.8. The summed E-state index contributed by atoms with van der Waals surface area (Å²) in [6.45, 7) is 1.74. The maximum Gasteiger partial charge on any atom is 0.242 e. The van der Waals surface area contributed by atoms with E-state index in [1.165, 1.54) is 6.08 Å². The lowest BCUT2D eigenvalue weighted by molar-refractivity contribution is -0.118. The average Bonchev–Trinajstić information content (AvgIpc) is 3.37. The molecular weight excluding hydrogens is 571 g/mol. The number of carbonyl (C=O) groups is 1. The number of nitrogens with one attached hydrogen (secondary N) is 3. The van der Waals surface area contributed by atoms with Crippen LogP contribution in [0, 0.1) is 0 Å². The molecule has 1 amide bonds. The molecule has 1 fully saturated rings. The van der Waals surface area contributed by atoms with E-state index < -0.39 is 42.1 Å². The summed E-state index contributed by atoms with van der Waals surface area (Å²) >= 11 is 12.5. The maximum atomic E-state index is 13.4. The van der Waals surface area contributed by atoms with Crippen molar-refractivity contribution in [1.29, 1.82) is 0 Å². The number of carbonyl (C=O) groups excluding carboxylic acids is 1. The smallest absolute Gasteiger partial charge is 0.242 e. The molecule has 9 nitrogen and oxygen atoms in total. The van der Waals surface area contributed by atoms with Crippen LogP contribution < -0.4 is 9.44 Å². The molecule has 2 unspecified atom stereocenters. The van der Waals surface area contributed by atoms with Gasteiger partial charge in [0.1, 0.15) is 11.1 Å². The SMILES string of the molecule is CC1(Cl)C=CC=C(S(=O)(=O)N[C@@H](Cc2ccc(C3CC(=O)NS3(=O)=O)cc2)c2nc3ccc(Cl)cc3[nH]2)C1. The maximum absolute atomic E-state index is 13.4.